The lowest BCUT2D eigenvalue weighted by Crippen LogP contribution is -2.29. The molecule has 2 amide bonds. The average molecular weight is 354 g/mol. The lowest BCUT2D eigenvalue weighted by atomic mass is 10.1. The predicted molar refractivity (Wildman–Crippen MR) is 98.9 cm³/mol. The molecule has 8 nitrogen and oxygen atoms in total. The summed E-state index contributed by atoms with van der Waals surface area (Å²) in [7, 11) is 1.67. The van der Waals surface area contributed by atoms with Crippen molar-refractivity contribution in [2.24, 2.45) is 0 Å². The molecule has 0 atom stereocenters. The van der Waals surface area contributed by atoms with Gasteiger partial charge in [-0.15, -0.1) is 10.2 Å². The van der Waals surface area contributed by atoms with Crippen LogP contribution in [-0.2, 0) is 17.8 Å². The maximum absolute atomic E-state index is 12.3. The van der Waals surface area contributed by atoms with E-state index in [1.54, 1.807) is 19.6 Å². The summed E-state index contributed by atoms with van der Waals surface area (Å²) in [6.07, 6.45) is 4.26. The third-order valence-electron chi connectivity index (χ3n) is 4.07. The number of carbonyl (C=O) groups is 1. The Hall–Kier alpha value is -3.00. The van der Waals surface area contributed by atoms with Gasteiger partial charge < -0.3 is 19.9 Å². The molecule has 26 heavy (non-hydrogen) atoms. The van der Waals surface area contributed by atoms with E-state index in [0.29, 0.717) is 19.0 Å². The highest BCUT2D eigenvalue weighted by Crippen LogP contribution is 2.24. The number of hydrogen-bond acceptors (Lipinski definition) is 5. The molecule has 0 radical (unpaired) electrons. The molecule has 8 heteroatoms. The molecule has 136 valence electrons. The number of rotatable bonds is 7. The Labute approximate surface area is 151 Å². The summed E-state index contributed by atoms with van der Waals surface area (Å²) in [6, 6.07) is 7.32. The molecule has 2 aromatic heterocycles. The number of anilines is 1. The van der Waals surface area contributed by atoms with Gasteiger partial charge in [0.05, 0.1) is 17.7 Å². The van der Waals surface area contributed by atoms with E-state index in [0.717, 1.165) is 35.1 Å². The van der Waals surface area contributed by atoms with E-state index in [1.165, 1.54) is 0 Å². The highest BCUT2D eigenvalue weighted by atomic mass is 16.5. The lowest BCUT2D eigenvalue weighted by molar-refractivity contribution is 0.190. The summed E-state index contributed by atoms with van der Waals surface area (Å²) >= 11 is 0. The fraction of sp³-hybridized carbons (Fsp3) is 0.333. The van der Waals surface area contributed by atoms with Crippen LogP contribution in [0.3, 0.4) is 0 Å². The lowest BCUT2D eigenvalue weighted by Gasteiger charge is -2.11. The third kappa shape index (κ3) is 4.15. The summed E-state index contributed by atoms with van der Waals surface area (Å²) in [4.78, 5) is 16.7. The van der Waals surface area contributed by atoms with Crippen molar-refractivity contribution in [1.82, 2.24) is 25.1 Å². The van der Waals surface area contributed by atoms with Gasteiger partial charge in [-0.25, -0.2) is 4.79 Å². The molecule has 0 aliphatic carbocycles. The summed E-state index contributed by atoms with van der Waals surface area (Å²) in [6.45, 7) is 3.70. The van der Waals surface area contributed by atoms with Crippen LogP contribution in [0.25, 0.3) is 10.9 Å². The molecule has 0 unspecified atom stereocenters. The predicted octanol–water partition coefficient (Wildman–Crippen LogP) is 2.49. The first-order valence-corrected chi connectivity index (χ1v) is 8.44. The van der Waals surface area contributed by atoms with E-state index in [1.807, 2.05) is 35.8 Å². The average Bonchev–Trinajstić information content (AvgIpc) is 3.10. The van der Waals surface area contributed by atoms with E-state index in [4.69, 9.17) is 4.74 Å². The van der Waals surface area contributed by atoms with Crippen molar-refractivity contribution in [3.63, 3.8) is 0 Å². The number of nitrogens with one attached hydrogen (secondary N) is 2. The van der Waals surface area contributed by atoms with Gasteiger partial charge in [0.2, 0.25) is 0 Å². The summed E-state index contributed by atoms with van der Waals surface area (Å²) in [5.74, 6) is 0.701. The molecule has 2 heterocycles. The van der Waals surface area contributed by atoms with Crippen LogP contribution in [0.2, 0.25) is 0 Å². The molecule has 0 aliphatic heterocycles. The normalized spacial score (nSPS) is 10.8. The fourth-order valence-electron chi connectivity index (χ4n) is 2.73. The number of amides is 2. The van der Waals surface area contributed by atoms with Crippen LogP contribution >= 0.6 is 0 Å². The number of hydrogen-bond donors (Lipinski definition) is 2. The maximum atomic E-state index is 12.3. The molecule has 0 aliphatic rings. The Balaban J connectivity index is 1.62. The highest BCUT2D eigenvalue weighted by molar-refractivity contribution is 6.01. The Bertz CT molecular complexity index is 892. The molecule has 0 bridgehead atoms. The molecule has 2 N–H and O–H groups in total. The minimum Gasteiger partial charge on any atom is -0.385 e. The second kappa shape index (κ2) is 8.39. The molecular formula is C18H22N6O2. The second-order valence-electron chi connectivity index (χ2n) is 5.92. The van der Waals surface area contributed by atoms with Gasteiger partial charge in [-0.3, -0.25) is 4.98 Å². The van der Waals surface area contributed by atoms with Crippen molar-refractivity contribution in [2.75, 3.05) is 19.0 Å². The zero-order chi connectivity index (χ0) is 18.4. The van der Waals surface area contributed by atoms with E-state index in [9.17, 15) is 4.79 Å². The van der Waals surface area contributed by atoms with Gasteiger partial charge in [0, 0.05) is 31.8 Å². The van der Waals surface area contributed by atoms with Crippen molar-refractivity contribution in [3.05, 3.63) is 48.2 Å². The molecule has 0 saturated carbocycles. The molecule has 0 saturated heterocycles. The van der Waals surface area contributed by atoms with Crippen LogP contribution in [0.1, 0.15) is 17.8 Å². The number of carbonyl (C=O) groups excluding carboxylic acids is 1. The highest BCUT2D eigenvalue weighted by Gasteiger charge is 2.10. The topological polar surface area (TPSA) is 94.0 Å². The summed E-state index contributed by atoms with van der Waals surface area (Å²) in [5, 5.41) is 14.6. The Morgan fingerprint density at radius 2 is 2.19 bits per heavy atom. The van der Waals surface area contributed by atoms with Crippen molar-refractivity contribution in [1.29, 1.82) is 0 Å². The van der Waals surface area contributed by atoms with E-state index >= 15 is 0 Å². The SMILES string of the molecule is COCCCn1cnnc1CNC(=O)Nc1ccc(C)c2ncccc12. The van der Waals surface area contributed by atoms with E-state index in [-0.39, 0.29) is 6.03 Å². The van der Waals surface area contributed by atoms with E-state index < -0.39 is 0 Å². The number of ether oxygens (including phenoxy) is 1. The third-order valence-corrected chi connectivity index (χ3v) is 4.07. The number of pyridine rings is 1. The van der Waals surface area contributed by atoms with Gasteiger partial charge >= 0.3 is 6.03 Å². The van der Waals surface area contributed by atoms with Crippen molar-refractivity contribution in [2.45, 2.75) is 26.4 Å². The fourth-order valence-corrected chi connectivity index (χ4v) is 2.73. The number of nitrogens with zero attached hydrogens (tertiary/aromatic N) is 4. The van der Waals surface area contributed by atoms with Gasteiger partial charge in [0.1, 0.15) is 6.33 Å². The number of methoxy groups -OCH3 is 1. The van der Waals surface area contributed by atoms with Gasteiger partial charge in [0.15, 0.2) is 5.82 Å². The van der Waals surface area contributed by atoms with E-state index in [2.05, 4.69) is 25.8 Å². The van der Waals surface area contributed by atoms with Gasteiger partial charge in [-0.2, -0.15) is 0 Å². The molecule has 1 aromatic carbocycles. The van der Waals surface area contributed by atoms with Crippen LogP contribution in [0.15, 0.2) is 36.8 Å². The first kappa shape index (κ1) is 17.8. The molecule has 3 aromatic rings. The zero-order valence-electron chi connectivity index (χ0n) is 14.9. The number of aromatic nitrogens is 4. The van der Waals surface area contributed by atoms with Gasteiger partial charge in [-0.05, 0) is 37.1 Å². The van der Waals surface area contributed by atoms with Crippen LogP contribution in [0.5, 0.6) is 0 Å². The van der Waals surface area contributed by atoms with Crippen molar-refractivity contribution in [3.8, 4) is 0 Å². The largest absolute Gasteiger partial charge is 0.385 e. The zero-order valence-corrected chi connectivity index (χ0v) is 14.9. The van der Waals surface area contributed by atoms with Crippen LogP contribution in [-0.4, -0.2) is 39.5 Å². The van der Waals surface area contributed by atoms with Crippen molar-refractivity contribution < 1.29 is 9.53 Å². The molecule has 0 fully saturated rings. The van der Waals surface area contributed by atoms with Crippen LogP contribution in [0, 0.1) is 6.92 Å². The number of fused-ring (bicyclic) bond motifs is 1. The number of benzene rings is 1. The molecule has 3 rings (SSSR count). The smallest absolute Gasteiger partial charge is 0.319 e. The van der Waals surface area contributed by atoms with Crippen LogP contribution in [0.4, 0.5) is 10.5 Å². The van der Waals surface area contributed by atoms with Crippen LogP contribution < -0.4 is 10.6 Å². The second-order valence-corrected chi connectivity index (χ2v) is 5.92. The Morgan fingerprint density at radius 1 is 1.31 bits per heavy atom. The minimum atomic E-state index is -0.301. The molecular weight excluding hydrogens is 332 g/mol. The first-order valence-electron chi connectivity index (χ1n) is 8.44. The van der Waals surface area contributed by atoms with Crippen molar-refractivity contribution >= 4 is 22.6 Å². The molecule has 0 spiro atoms. The summed E-state index contributed by atoms with van der Waals surface area (Å²) < 4.78 is 6.96. The monoisotopic (exact) mass is 354 g/mol. The van der Waals surface area contributed by atoms with Gasteiger partial charge in [0.25, 0.3) is 0 Å². The number of aryl methyl sites for hydroxylation is 2. The Kier molecular flexibility index (Phi) is 5.75. The summed E-state index contributed by atoms with van der Waals surface area (Å²) in [5.41, 5.74) is 2.66. The first-order chi connectivity index (χ1) is 12.7. The Morgan fingerprint density at radius 3 is 3.04 bits per heavy atom. The standard InChI is InChI=1S/C18H22N6O2/c1-13-6-7-15(14-5-3-8-19-17(13)14)22-18(25)20-11-16-23-21-12-24(16)9-4-10-26-2/h3,5-8,12H,4,9-11H2,1-2H3,(H2,20,22,25). The minimum absolute atomic E-state index is 0.293. The quantitative estimate of drug-likeness (QED) is 0.636. The number of urea groups is 1. The maximum Gasteiger partial charge on any atom is 0.319 e. The van der Waals surface area contributed by atoms with Gasteiger partial charge in [-0.1, -0.05) is 6.07 Å².